The monoisotopic (exact) mass is 429 g/mol. The van der Waals surface area contributed by atoms with E-state index in [9.17, 15) is 18.8 Å². The maximum Gasteiger partial charge on any atom is 0.253 e. The molecule has 8 heteroatoms. The number of fused-ring (bicyclic) bond motifs is 1. The number of Topliss-reactive ketones (excluding diaryl/α,β-unsaturated/α-hetero) is 1. The normalized spacial score (nSPS) is 18.8. The van der Waals surface area contributed by atoms with Gasteiger partial charge in [-0.15, -0.1) is 0 Å². The molecule has 30 heavy (non-hydrogen) atoms. The second-order valence-electron chi connectivity index (χ2n) is 8.80. The number of hydrogen-bond donors (Lipinski definition) is 1. The van der Waals surface area contributed by atoms with Gasteiger partial charge in [-0.3, -0.25) is 14.4 Å². The number of nitrogens with one attached hydrogen (secondary N) is 1. The molecule has 0 atom stereocenters. The molecule has 0 radical (unpaired) electrons. The molecule has 6 nitrogen and oxygen atoms in total. The lowest BCUT2D eigenvalue weighted by molar-refractivity contribution is -0.121. The van der Waals surface area contributed by atoms with Gasteiger partial charge in [0.1, 0.15) is 5.82 Å². The van der Waals surface area contributed by atoms with Crippen LogP contribution in [0.25, 0.3) is 0 Å². The van der Waals surface area contributed by atoms with Crippen LogP contribution in [0.5, 0.6) is 0 Å². The van der Waals surface area contributed by atoms with Gasteiger partial charge in [0.05, 0.1) is 10.6 Å². The van der Waals surface area contributed by atoms with E-state index in [1.54, 1.807) is 4.90 Å². The van der Waals surface area contributed by atoms with Gasteiger partial charge in [0.25, 0.3) is 5.91 Å². The van der Waals surface area contributed by atoms with Crippen molar-refractivity contribution in [3.63, 3.8) is 0 Å². The van der Waals surface area contributed by atoms with E-state index in [4.69, 9.17) is 0 Å². The Morgan fingerprint density at radius 3 is 2.50 bits per heavy atom. The highest BCUT2D eigenvalue weighted by atomic mass is 32.1. The molecule has 1 saturated heterocycles. The van der Waals surface area contributed by atoms with Crippen LogP contribution in [0.2, 0.25) is 0 Å². The zero-order valence-corrected chi connectivity index (χ0v) is 17.9. The SMILES string of the molecule is CC1(C)CC(=O)c2sc(NC(=O)C3CCN(C(=O)c4ccc(F)cc4)CC3)nc2C1. The van der Waals surface area contributed by atoms with Crippen LogP contribution in [0, 0.1) is 17.2 Å². The Hall–Kier alpha value is -2.61. The predicted molar refractivity (Wildman–Crippen MR) is 112 cm³/mol. The topological polar surface area (TPSA) is 79.4 Å². The van der Waals surface area contributed by atoms with Crippen LogP contribution in [0.1, 0.15) is 58.8 Å². The quantitative estimate of drug-likeness (QED) is 0.802. The Bertz CT molecular complexity index is 992. The summed E-state index contributed by atoms with van der Waals surface area (Å²) in [5.41, 5.74) is 1.11. The number of ketones is 1. The Morgan fingerprint density at radius 1 is 1.17 bits per heavy atom. The van der Waals surface area contributed by atoms with Gasteiger partial charge in [0.2, 0.25) is 5.91 Å². The first-order valence-corrected chi connectivity index (χ1v) is 10.9. The molecule has 158 valence electrons. The third-order valence-corrected chi connectivity index (χ3v) is 6.76. The average Bonchev–Trinajstić information content (AvgIpc) is 3.09. The summed E-state index contributed by atoms with van der Waals surface area (Å²) in [4.78, 5) is 44.4. The molecule has 1 aliphatic carbocycles. The Balaban J connectivity index is 1.35. The first-order chi connectivity index (χ1) is 14.2. The number of halogens is 1. The Kier molecular flexibility index (Phi) is 5.44. The van der Waals surface area contributed by atoms with Crippen molar-refractivity contribution >= 4 is 34.1 Å². The molecule has 1 fully saturated rings. The molecule has 1 aliphatic heterocycles. The minimum atomic E-state index is -0.379. The van der Waals surface area contributed by atoms with Crippen molar-refractivity contribution in [1.29, 1.82) is 0 Å². The van der Waals surface area contributed by atoms with Crippen LogP contribution < -0.4 is 5.32 Å². The Morgan fingerprint density at radius 2 is 1.83 bits per heavy atom. The second-order valence-corrected chi connectivity index (χ2v) is 9.80. The number of benzene rings is 1. The van der Waals surface area contributed by atoms with Gasteiger partial charge in [0.15, 0.2) is 10.9 Å². The van der Waals surface area contributed by atoms with Crippen molar-refractivity contribution in [1.82, 2.24) is 9.88 Å². The lowest BCUT2D eigenvalue weighted by Crippen LogP contribution is -2.41. The zero-order valence-electron chi connectivity index (χ0n) is 17.0. The summed E-state index contributed by atoms with van der Waals surface area (Å²) in [6.07, 6.45) is 2.33. The molecule has 0 unspecified atom stereocenters. The molecule has 1 aromatic carbocycles. The minimum absolute atomic E-state index is 0.0897. The number of rotatable bonds is 3. The van der Waals surface area contributed by atoms with Crippen LogP contribution >= 0.6 is 11.3 Å². The molecule has 1 aromatic heterocycles. The summed E-state index contributed by atoms with van der Waals surface area (Å²) >= 11 is 1.25. The maximum absolute atomic E-state index is 13.1. The van der Waals surface area contributed by atoms with Gasteiger partial charge < -0.3 is 10.2 Å². The number of amides is 2. The molecule has 2 amide bonds. The van der Waals surface area contributed by atoms with Crippen molar-refractivity contribution in [3.8, 4) is 0 Å². The highest BCUT2D eigenvalue weighted by Crippen LogP contribution is 2.38. The number of carbonyl (C=O) groups is 3. The number of nitrogens with zero attached hydrogens (tertiary/aromatic N) is 2. The predicted octanol–water partition coefficient (Wildman–Crippen LogP) is 3.93. The second kappa shape index (κ2) is 7.91. The summed E-state index contributed by atoms with van der Waals surface area (Å²) in [6.45, 7) is 5.03. The number of likely N-dealkylation sites (tertiary alicyclic amines) is 1. The van der Waals surface area contributed by atoms with E-state index < -0.39 is 0 Å². The molecule has 4 rings (SSSR count). The van der Waals surface area contributed by atoms with Gasteiger partial charge in [-0.2, -0.15) is 0 Å². The van der Waals surface area contributed by atoms with Crippen LogP contribution in [-0.2, 0) is 11.2 Å². The van der Waals surface area contributed by atoms with E-state index in [1.165, 1.54) is 35.6 Å². The van der Waals surface area contributed by atoms with E-state index >= 15 is 0 Å². The number of carbonyl (C=O) groups excluding carboxylic acids is 3. The molecule has 0 saturated carbocycles. The van der Waals surface area contributed by atoms with Gasteiger partial charge in [-0.1, -0.05) is 25.2 Å². The fraction of sp³-hybridized carbons (Fsp3) is 0.455. The van der Waals surface area contributed by atoms with E-state index in [-0.39, 0.29) is 34.7 Å². The molecule has 0 spiro atoms. The molecular weight excluding hydrogens is 405 g/mol. The molecule has 2 heterocycles. The number of thiazole rings is 1. The van der Waals surface area contributed by atoms with Gasteiger partial charge in [-0.05, 0) is 48.9 Å². The minimum Gasteiger partial charge on any atom is -0.339 e. The van der Waals surface area contributed by atoms with Crippen LogP contribution in [0.3, 0.4) is 0 Å². The van der Waals surface area contributed by atoms with Crippen LogP contribution in [-0.4, -0.2) is 40.6 Å². The van der Waals surface area contributed by atoms with Gasteiger partial charge in [-0.25, -0.2) is 9.37 Å². The Labute approximate surface area is 178 Å². The number of aromatic nitrogens is 1. The molecule has 1 N–H and O–H groups in total. The first kappa shape index (κ1) is 20.7. The van der Waals surface area contributed by atoms with E-state index in [0.717, 1.165) is 12.1 Å². The van der Waals surface area contributed by atoms with Crippen molar-refractivity contribution in [2.75, 3.05) is 18.4 Å². The number of hydrogen-bond acceptors (Lipinski definition) is 5. The zero-order chi connectivity index (χ0) is 21.5. The fourth-order valence-electron chi connectivity index (χ4n) is 4.10. The van der Waals surface area contributed by atoms with Crippen molar-refractivity contribution in [2.45, 2.75) is 39.5 Å². The van der Waals surface area contributed by atoms with E-state index in [0.29, 0.717) is 47.9 Å². The maximum atomic E-state index is 13.1. The standard InChI is InChI=1S/C22H24FN3O3S/c1-22(2)11-16-18(17(27)12-22)30-21(24-16)25-19(28)13-7-9-26(10-8-13)20(29)14-3-5-15(23)6-4-14/h3-6,13H,7-12H2,1-2H3,(H,24,25,28). The summed E-state index contributed by atoms with van der Waals surface area (Å²) in [5.74, 6) is -0.775. The van der Waals surface area contributed by atoms with Crippen LogP contribution in [0.15, 0.2) is 24.3 Å². The summed E-state index contributed by atoms with van der Waals surface area (Å²) in [6, 6.07) is 5.49. The van der Waals surface area contributed by atoms with Crippen molar-refractivity contribution < 1.29 is 18.8 Å². The fourth-order valence-corrected chi connectivity index (χ4v) is 5.02. The lowest BCUT2D eigenvalue weighted by Gasteiger charge is -2.31. The number of anilines is 1. The van der Waals surface area contributed by atoms with Crippen molar-refractivity contribution in [2.24, 2.45) is 11.3 Å². The smallest absolute Gasteiger partial charge is 0.253 e. The first-order valence-electron chi connectivity index (χ1n) is 10.1. The molecular formula is C22H24FN3O3S. The van der Waals surface area contributed by atoms with Gasteiger partial charge >= 0.3 is 0 Å². The summed E-state index contributed by atoms with van der Waals surface area (Å²) < 4.78 is 13.1. The number of piperidine rings is 1. The van der Waals surface area contributed by atoms with Gasteiger partial charge in [0, 0.05) is 31.0 Å². The van der Waals surface area contributed by atoms with E-state index in [2.05, 4.69) is 10.3 Å². The molecule has 2 aliphatic rings. The molecule has 2 aromatic rings. The third kappa shape index (κ3) is 4.28. The summed E-state index contributed by atoms with van der Waals surface area (Å²) in [5, 5.41) is 3.34. The van der Waals surface area contributed by atoms with E-state index in [1.807, 2.05) is 13.8 Å². The van der Waals surface area contributed by atoms with Crippen molar-refractivity contribution in [3.05, 3.63) is 46.2 Å². The largest absolute Gasteiger partial charge is 0.339 e. The summed E-state index contributed by atoms with van der Waals surface area (Å²) in [7, 11) is 0. The highest BCUT2D eigenvalue weighted by Gasteiger charge is 2.34. The third-order valence-electron chi connectivity index (χ3n) is 5.71. The van der Waals surface area contributed by atoms with Crippen LogP contribution in [0.4, 0.5) is 9.52 Å². The molecule has 0 bridgehead atoms. The average molecular weight is 430 g/mol. The highest BCUT2D eigenvalue weighted by molar-refractivity contribution is 7.17. The lowest BCUT2D eigenvalue weighted by atomic mass is 9.78.